The van der Waals surface area contributed by atoms with Crippen molar-refractivity contribution >= 4 is 29.8 Å². The van der Waals surface area contributed by atoms with E-state index < -0.39 is 0 Å². The lowest BCUT2D eigenvalue weighted by molar-refractivity contribution is -0.140. The van der Waals surface area contributed by atoms with Gasteiger partial charge in [0, 0.05) is 19.7 Å². The van der Waals surface area contributed by atoms with Gasteiger partial charge >= 0.3 is 5.97 Å². The van der Waals surface area contributed by atoms with Crippen molar-refractivity contribution < 1.29 is 28.6 Å². The van der Waals surface area contributed by atoms with E-state index in [2.05, 4.69) is 0 Å². The van der Waals surface area contributed by atoms with Gasteiger partial charge in [-0.1, -0.05) is 43.0 Å². The summed E-state index contributed by atoms with van der Waals surface area (Å²) in [4.78, 5) is 37.6. The van der Waals surface area contributed by atoms with Gasteiger partial charge in [0.05, 0.1) is 23.6 Å². The number of halogens is 1. The van der Waals surface area contributed by atoms with Crippen LogP contribution in [0.5, 0.6) is 17.2 Å². The molecule has 0 heterocycles. The van der Waals surface area contributed by atoms with Crippen LogP contribution in [0.25, 0.3) is 0 Å². The molecule has 0 atom stereocenters. The van der Waals surface area contributed by atoms with E-state index in [0.717, 1.165) is 50.5 Å². The summed E-state index contributed by atoms with van der Waals surface area (Å²) in [5.41, 5.74) is 1.41. The smallest absolute Gasteiger partial charge is 0.314 e. The fourth-order valence-electron chi connectivity index (χ4n) is 4.28. The van der Waals surface area contributed by atoms with Gasteiger partial charge in [-0.3, -0.25) is 14.4 Å². The van der Waals surface area contributed by atoms with Crippen molar-refractivity contribution in [2.75, 3.05) is 27.3 Å². The van der Waals surface area contributed by atoms with E-state index >= 15 is 0 Å². The van der Waals surface area contributed by atoms with Crippen LogP contribution in [0.4, 0.5) is 0 Å². The van der Waals surface area contributed by atoms with Gasteiger partial charge in [0.1, 0.15) is 17.2 Å². The first-order valence-electron chi connectivity index (χ1n) is 12.4. The number of amides is 1. The number of benzene rings is 2. The predicted octanol–water partition coefficient (Wildman–Crippen LogP) is 5.51. The number of aryl methyl sites for hydroxylation is 1. The molecule has 0 N–H and O–H groups in total. The van der Waals surface area contributed by atoms with Gasteiger partial charge in [-0.25, -0.2) is 0 Å². The van der Waals surface area contributed by atoms with Crippen LogP contribution in [0, 0.1) is 5.92 Å². The summed E-state index contributed by atoms with van der Waals surface area (Å²) in [5, 5.41) is 0.236. The Balaban J connectivity index is 1.40. The number of nitrogens with zero attached hydrogens (tertiary/aromatic N) is 1. The summed E-state index contributed by atoms with van der Waals surface area (Å²) < 4.78 is 16.3. The van der Waals surface area contributed by atoms with Crippen LogP contribution in [-0.2, 0) is 16.0 Å². The summed E-state index contributed by atoms with van der Waals surface area (Å²) in [6.45, 7) is 0.411. The number of carbonyl (C=O) groups is 3. The van der Waals surface area contributed by atoms with Crippen molar-refractivity contribution in [1.29, 1.82) is 0 Å². The first-order chi connectivity index (χ1) is 17.4. The number of rotatable bonds is 12. The lowest BCUT2D eigenvalue weighted by Crippen LogP contribution is -2.32. The molecule has 0 spiro atoms. The Labute approximate surface area is 217 Å². The van der Waals surface area contributed by atoms with Crippen molar-refractivity contribution in [2.24, 2.45) is 5.92 Å². The van der Waals surface area contributed by atoms with Crippen LogP contribution in [0.1, 0.15) is 60.9 Å². The molecule has 8 heteroatoms. The maximum absolute atomic E-state index is 12.5. The Morgan fingerprint density at radius 2 is 1.86 bits per heavy atom. The molecule has 0 unspecified atom stereocenters. The zero-order valence-electron chi connectivity index (χ0n) is 21.0. The van der Waals surface area contributed by atoms with E-state index in [0.29, 0.717) is 29.9 Å². The monoisotopic (exact) mass is 515 g/mol. The van der Waals surface area contributed by atoms with Crippen LogP contribution in [0.2, 0.25) is 5.02 Å². The third-order valence-corrected chi connectivity index (χ3v) is 6.75. The van der Waals surface area contributed by atoms with Crippen LogP contribution >= 0.6 is 11.6 Å². The quantitative estimate of drug-likeness (QED) is 0.160. The number of aldehydes is 1. The minimum atomic E-state index is -0.180. The van der Waals surface area contributed by atoms with E-state index in [9.17, 15) is 14.4 Å². The highest BCUT2D eigenvalue weighted by Gasteiger charge is 2.23. The molecule has 0 saturated heterocycles. The Bertz CT molecular complexity index is 1050. The summed E-state index contributed by atoms with van der Waals surface area (Å²) >= 11 is 6.15. The van der Waals surface area contributed by atoms with Crippen molar-refractivity contribution in [3.8, 4) is 17.2 Å². The average Bonchev–Trinajstić information content (AvgIpc) is 2.90. The van der Waals surface area contributed by atoms with Gasteiger partial charge < -0.3 is 19.1 Å². The SMILES string of the molecule is COc1cc(OCC(=O)N(C)CCCCc2cccc(OC(=O)C3CCCCC3)c2)c(Cl)cc1C=O. The number of carbonyl (C=O) groups excluding carboxylic acids is 3. The van der Waals surface area contributed by atoms with Crippen molar-refractivity contribution in [1.82, 2.24) is 4.90 Å². The molecule has 0 radical (unpaired) electrons. The van der Waals surface area contributed by atoms with Crippen LogP contribution in [0.15, 0.2) is 36.4 Å². The molecule has 7 nitrogen and oxygen atoms in total. The number of esters is 1. The second-order valence-corrected chi connectivity index (χ2v) is 9.51. The zero-order chi connectivity index (χ0) is 25.9. The molecule has 3 rings (SSSR count). The fourth-order valence-corrected chi connectivity index (χ4v) is 4.51. The van der Waals surface area contributed by atoms with Crippen molar-refractivity contribution in [3.05, 3.63) is 52.5 Å². The fraction of sp³-hybridized carbons (Fsp3) is 0.464. The minimum Gasteiger partial charge on any atom is -0.496 e. The summed E-state index contributed by atoms with van der Waals surface area (Å²) in [6.07, 6.45) is 8.41. The largest absolute Gasteiger partial charge is 0.496 e. The minimum absolute atomic E-state index is 0.0215. The van der Waals surface area contributed by atoms with Gasteiger partial charge in [-0.05, 0) is 55.9 Å². The number of hydrogen-bond donors (Lipinski definition) is 0. The third-order valence-electron chi connectivity index (χ3n) is 6.45. The van der Waals surface area contributed by atoms with Crippen molar-refractivity contribution in [2.45, 2.75) is 51.4 Å². The molecule has 1 fully saturated rings. The first-order valence-corrected chi connectivity index (χ1v) is 12.8. The lowest BCUT2D eigenvalue weighted by Gasteiger charge is -2.20. The number of ether oxygens (including phenoxy) is 3. The molecule has 1 amide bonds. The van der Waals surface area contributed by atoms with E-state index in [1.165, 1.54) is 25.7 Å². The highest BCUT2D eigenvalue weighted by molar-refractivity contribution is 6.32. The molecule has 2 aromatic carbocycles. The Morgan fingerprint density at radius 1 is 1.08 bits per heavy atom. The maximum atomic E-state index is 12.5. The predicted molar refractivity (Wildman–Crippen MR) is 138 cm³/mol. The Kier molecular flexibility index (Phi) is 10.6. The van der Waals surface area contributed by atoms with E-state index in [-0.39, 0.29) is 35.2 Å². The molecule has 0 aromatic heterocycles. The highest BCUT2D eigenvalue weighted by Crippen LogP contribution is 2.32. The van der Waals surface area contributed by atoms with Gasteiger partial charge in [0.25, 0.3) is 5.91 Å². The molecular formula is C28H34ClNO6. The zero-order valence-corrected chi connectivity index (χ0v) is 21.7. The van der Waals surface area contributed by atoms with Gasteiger partial charge in [-0.2, -0.15) is 0 Å². The lowest BCUT2D eigenvalue weighted by atomic mass is 9.89. The van der Waals surface area contributed by atoms with E-state index in [1.54, 1.807) is 11.9 Å². The standard InChI is InChI=1S/C28H34ClNO6/c1-30(27(32)19-35-26-17-25(34-2)22(18-31)16-24(26)29)14-7-6-9-20-10-8-13-23(15-20)36-28(33)21-11-4-3-5-12-21/h8,10,13,15-18,21H,3-7,9,11-12,14,19H2,1-2H3. The van der Waals surface area contributed by atoms with Gasteiger partial charge in [0.15, 0.2) is 12.9 Å². The number of hydrogen-bond acceptors (Lipinski definition) is 6. The third kappa shape index (κ3) is 7.98. The molecule has 1 saturated carbocycles. The molecule has 194 valence electrons. The van der Waals surface area contributed by atoms with Crippen LogP contribution < -0.4 is 14.2 Å². The average molecular weight is 516 g/mol. The van der Waals surface area contributed by atoms with Gasteiger partial charge in [-0.15, -0.1) is 0 Å². The molecule has 2 aromatic rings. The molecule has 0 aliphatic heterocycles. The summed E-state index contributed by atoms with van der Waals surface area (Å²) in [7, 11) is 3.17. The second-order valence-electron chi connectivity index (χ2n) is 9.11. The Morgan fingerprint density at radius 3 is 2.58 bits per heavy atom. The van der Waals surface area contributed by atoms with Crippen LogP contribution in [-0.4, -0.2) is 50.4 Å². The van der Waals surface area contributed by atoms with Crippen LogP contribution in [0.3, 0.4) is 0 Å². The molecular weight excluding hydrogens is 482 g/mol. The van der Waals surface area contributed by atoms with Gasteiger partial charge in [0.2, 0.25) is 0 Å². The number of methoxy groups -OCH3 is 1. The van der Waals surface area contributed by atoms with E-state index in [1.807, 2.05) is 24.3 Å². The van der Waals surface area contributed by atoms with E-state index in [4.69, 9.17) is 25.8 Å². The second kappa shape index (κ2) is 13.9. The molecule has 1 aliphatic rings. The number of unbranched alkanes of at least 4 members (excludes halogenated alkanes) is 1. The number of likely N-dealkylation sites (N-methyl/N-ethyl adjacent to an activating group) is 1. The summed E-state index contributed by atoms with van der Waals surface area (Å²) in [5.74, 6) is 0.940. The summed E-state index contributed by atoms with van der Waals surface area (Å²) in [6, 6.07) is 10.6. The maximum Gasteiger partial charge on any atom is 0.314 e. The first kappa shape index (κ1) is 27.5. The molecule has 36 heavy (non-hydrogen) atoms. The topological polar surface area (TPSA) is 82.1 Å². The normalized spacial score (nSPS) is 13.6. The molecule has 1 aliphatic carbocycles. The van der Waals surface area contributed by atoms with Crippen molar-refractivity contribution in [3.63, 3.8) is 0 Å². The molecule has 0 bridgehead atoms. The highest BCUT2D eigenvalue weighted by atomic mass is 35.5. The Hall–Kier alpha value is -3.06.